The third-order valence-corrected chi connectivity index (χ3v) is 25.5. The Morgan fingerprint density at radius 2 is 1.07 bits per heavy atom. The maximum absolute atomic E-state index is 2.82. The predicted octanol–water partition coefficient (Wildman–Crippen LogP) is 14.6. The van der Waals surface area contributed by atoms with E-state index in [4.69, 9.17) is 0 Å². The second-order valence-corrected chi connectivity index (χ2v) is 31.9. The standard InChI is InChI=1S/C71H71BN2SSi/c1-44-38-58-64-59(39-44)74(56-27-21-29-62-63(56)49-26-19-20-28-61(49)76(62,47-22-15-13-16-23-47)48-24-17-14-18-25-48)65-50-40-45(67(2,3)4)30-33-60(50)75-66(65)72(64)55-42-53-54(71(11,12)37-36-70(53,9)10)43-57(55)73(58)46-31-32-51-52(41-46)69(7,8)35-34-68(51,5)6/h13-33,38-43H,34-37H2,1-12H3. The quantitative estimate of drug-likeness (QED) is 0.162. The molecule has 0 saturated carbocycles. The molecule has 76 heavy (non-hydrogen) atoms. The van der Waals surface area contributed by atoms with Crippen LogP contribution in [0.1, 0.15) is 135 Å². The van der Waals surface area contributed by atoms with Gasteiger partial charge in [0.15, 0.2) is 8.07 Å². The first kappa shape index (κ1) is 48.0. The van der Waals surface area contributed by atoms with Gasteiger partial charge in [-0.15, -0.1) is 11.3 Å². The number of benzene rings is 8. The lowest BCUT2D eigenvalue weighted by Gasteiger charge is -2.47. The van der Waals surface area contributed by atoms with E-state index >= 15 is 0 Å². The van der Waals surface area contributed by atoms with Gasteiger partial charge in [-0.25, -0.2) is 0 Å². The molecule has 8 aromatic carbocycles. The summed E-state index contributed by atoms with van der Waals surface area (Å²) in [4.78, 5) is 5.52. The minimum Gasteiger partial charge on any atom is -0.311 e. The summed E-state index contributed by atoms with van der Waals surface area (Å²) >= 11 is 2.04. The van der Waals surface area contributed by atoms with Crippen molar-refractivity contribution in [3.63, 3.8) is 0 Å². The first-order chi connectivity index (χ1) is 36.2. The molecule has 0 bridgehead atoms. The van der Waals surface area contributed by atoms with E-state index < -0.39 is 8.07 Å². The van der Waals surface area contributed by atoms with Crippen molar-refractivity contribution in [2.75, 3.05) is 9.80 Å². The summed E-state index contributed by atoms with van der Waals surface area (Å²) in [5.74, 6) is 0. The molecule has 2 aliphatic carbocycles. The molecular weight excluding hydrogens is 952 g/mol. The van der Waals surface area contributed by atoms with Gasteiger partial charge in [-0.2, -0.15) is 0 Å². The predicted molar refractivity (Wildman–Crippen MR) is 332 cm³/mol. The highest BCUT2D eigenvalue weighted by Crippen LogP contribution is 2.55. The molecule has 0 amide bonds. The fraction of sp³-hybridized carbons (Fsp3) is 0.296. The van der Waals surface area contributed by atoms with Gasteiger partial charge in [-0.05, 0) is 179 Å². The van der Waals surface area contributed by atoms with Gasteiger partial charge in [0.05, 0.1) is 11.4 Å². The summed E-state index contributed by atoms with van der Waals surface area (Å²) in [5, 5.41) is 7.13. The summed E-state index contributed by atoms with van der Waals surface area (Å²) in [5.41, 5.74) is 22.3. The molecule has 3 aliphatic heterocycles. The second kappa shape index (κ2) is 16.1. The third-order valence-electron chi connectivity index (χ3n) is 19.4. The van der Waals surface area contributed by atoms with Crippen LogP contribution in [-0.2, 0) is 27.1 Å². The van der Waals surface area contributed by atoms with Gasteiger partial charge in [0.2, 0.25) is 0 Å². The van der Waals surface area contributed by atoms with Crippen molar-refractivity contribution < 1.29 is 0 Å². The Labute approximate surface area is 458 Å². The highest BCUT2D eigenvalue weighted by Gasteiger charge is 2.52. The van der Waals surface area contributed by atoms with Crippen molar-refractivity contribution in [2.24, 2.45) is 0 Å². The number of fused-ring (bicyclic) bond motifs is 11. The average molecular weight is 1020 g/mol. The van der Waals surface area contributed by atoms with Crippen LogP contribution in [0.4, 0.5) is 34.1 Å². The molecule has 0 radical (unpaired) electrons. The highest BCUT2D eigenvalue weighted by molar-refractivity contribution is 7.33. The Morgan fingerprint density at radius 1 is 0.500 bits per heavy atom. The molecule has 2 nitrogen and oxygen atoms in total. The van der Waals surface area contributed by atoms with E-state index in [1.165, 1.54) is 151 Å². The van der Waals surface area contributed by atoms with E-state index in [1.807, 2.05) is 11.3 Å². The van der Waals surface area contributed by atoms with Crippen molar-refractivity contribution in [1.82, 2.24) is 0 Å². The first-order valence-corrected chi connectivity index (χ1v) is 31.0. The van der Waals surface area contributed by atoms with Crippen LogP contribution in [0.25, 0.3) is 21.2 Å². The largest absolute Gasteiger partial charge is 0.311 e. The fourth-order valence-corrected chi connectivity index (χ4v) is 21.5. The van der Waals surface area contributed by atoms with Crippen LogP contribution < -0.4 is 46.2 Å². The van der Waals surface area contributed by atoms with Crippen LogP contribution in [0, 0.1) is 6.92 Å². The van der Waals surface area contributed by atoms with Crippen molar-refractivity contribution in [1.29, 1.82) is 0 Å². The number of rotatable bonds is 4. The van der Waals surface area contributed by atoms with Crippen LogP contribution in [-0.4, -0.2) is 14.8 Å². The molecule has 14 rings (SSSR count). The molecule has 378 valence electrons. The van der Waals surface area contributed by atoms with E-state index in [9.17, 15) is 0 Å². The fourth-order valence-electron chi connectivity index (χ4n) is 15.0. The van der Waals surface area contributed by atoms with Crippen molar-refractivity contribution >= 4 is 107 Å². The topological polar surface area (TPSA) is 6.48 Å². The molecule has 4 heterocycles. The number of nitrogens with zero attached hydrogens (tertiary/aromatic N) is 2. The van der Waals surface area contributed by atoms with Crippen LogP contribution in [0.5, 0.6) is 0 Å². The minimum atomic E-state index is -2.82. The van der Waals surface area contributed by atoms with Gasteiger partial charge in [-0.1, -0.05) is 191 Å². The van der Waals surface area contributed by atoms with Crippen LogP contribution in [0.2, 0.25) is 0 Å². The zero-order valence-electron chi connectivity index (χ0n) is 46.8. The maximum atomic E-state index is 2.78. The lowest BCUT2D eigenvalue weighted by molar-refractivity contribution is 0.332. The van der Waals surface area contributed by atoms with Gasteiger partial charge in [0, 0.05) is 43.2 Å². The lowest BCUT2D eigenvalue weighted by atomic mass is 9.35. The Morgan fingerprint density at radius 3 is 1.71 bits per heavy atom. The van der Waals surface area contributed by atoms with Crippen molar-refractivity contribution in [3.8, 4) is 11.1 Å². The van der Waals surface area contributed by atoms with Gasteiger partial charge in [-0.3, -0.25) is 0 Å². The summed E-state index contributed by atoms with van der Waals surface area (Å²) in [6.45, 7) is 29.4. The number of hydrogen-bond donors (Lipinski definition) is 0. The van der Waals surface area contributed by atoms with E-state index in [0.29, 0.717) is 0 Å². The number of thiophene rings is 1. The maximum Gasteiger partial charge on any atom is 0.264 e. The molecule has 0 N–H and O–H groups in total. The summed E-state index contributed by atoms with van der Waals surface area (Å²) in [6, 6.07) is 65.4. The summed E-state index contributed by atoms with van der Waals surface area (Å²) in [6.07, 6.45) is 4.72. The first-order valence-electron chi connectivity index (χ1n) is 28.2. The Balaban J connectivity index is 1.12. The monoisotopic (exact) mass is 1020 g/mol. The highest BCUT2D eigenvalue weighted by atomic mass is 32.1. The summed E-state index contributed by atoms with van der Waals surface area (Å²) in [7, 11) is -2.82. The zero-order valence-corrected chi connectivity index (χ0v) is 48.6. The SMILES string of the molecule is Cc1cc2c3c(c1)N(c1cccc4c1-c1ccccc1[Si]4(c1ccccc1)c1ccccc1)c1c(sc4ccc(C(C)(C)C)cc14)B3c1cc3c(cc1N2c1ccc2c(c1)C(C)(C)CCC2(C)C)C(C)(C)CCC3(C)C. The number of aryl methyl sites for hydroxylation is 1. The lowest BCUT2D eigenvalue weighted by Crippen LogP contribution is -2.72. The van der Waals surface area contributed by atoms with Gasteiger partial charge >= 0.3 is 0 Å². The summed E-state index contributed by atoms with van der Waals surface area (Å²) < 4.78 is 2.79. The van der Waals surface area contributed by atoms with E-state index in [1.54, 1.807) is 0 Å². The van der Waals surface area contributed by atoms with Crippen molar-refractivity contribution in [2.45, 2.75) is 136 Å². The smallest absolute Gasteiger partial charge is 0.264 e. The number of hydrogen-bond acceptors (Lipinski definition) is 3. The van der Waals surface area contributed by atoms with E-state index in [0.717, 1.165) is 0 Å². The van der Waals surface area contributed by atoms with E-state index in [-0.39, 0.29) is 33.8 Å². The molecule has 5 aliphatic rings. The molecule has 0 atom stereocenters. The van der Waals surface area contributed by atoms with E-state index in [2.05, 4.69) is 257 Å². The van der Waals surface area contributed by atoms with Crippen LogP contribution in [0.3, 0.4) is 0 Å². The number of anilines is 6. The molecule has 0 fully saturated rings. The molecule has 1 aromatic heterocycles. The molecule has 5 heteroatoms. The Bertz CT molecular complexity index is 3870. The molecular formula is C71H71BN2SSi. The second-order valence-electron chi connectivity index (χ2n) is 27.0. The third kappa shape index (κ3) is 6.63. The molecule has 9 aromatic rings. The zero-order chi connectivity index (χ0) is 52.6. The molecule has 0 unspecified atom stereocenters. The van der Waals surface area contributed by atoms with Gasteiger partial charge in [0.1, 0.15) is 0 Å². The van der Waals surface area contributed by atoms with Crippen LogP contribution in [0.15, 0.2) is 164 Å². The Hall–Kier alpha value is -6.40. The normalized spacial score (nSPS) is 18.5. The van der Waals surface area contributed by atoms with Gasteiger partial charge in [0.25, 0.3) is 6.71 Å². The van der Waals surface area contributed by atoms with Crippen molar-refractivity contribution in [3.05, 3.63) is 197 Å². The molecule has 0 spiro atoms. The minimum absolute atomic E-state index is 0.0261. The van der Waals surface area contributed by atoms with Crippen LogP contribution >= 0.6 is 11.3 Å². The Kier molecular flexibility index (Phi) is 10.2. The molecule has 0 saturated heterocycles. The van der Waals surface area contributed by atoms with Gasteiger partial charge < -0.3 is 9.80 Å². The average Bonchev–Trinajstić information content (AvgIpc) is 3.94.